The molecule has 0 aliphatic rings. The fourth-order valence-corrected chi connectivity index (χ4v) is 2.70. The summed E-state index contributed by atoms with van der Waals surface area (Å²) in [6.45, 7) is 0.420. The second kappa shape index (κ2) is 6.29. The van der Waals surface area contributed by atoms with Crippen LogP contribution in [0.3, 0.4) is 0 Å². The van der Waals surface area contributed by atoms with E-state index in [9.17, 15) is 13.2 Å². The van der Waals surface area contributed by atoms with E-state index in [-0.39, 0.29) is 10.8 Å². The maximum Gasteiger partial charge on any atom is 0.272 e. The fraction of sp³-hybridized carbons (Fsp3) is 0.182. The maximum absolute atomic E-state index is 11.6. The molecule has 0 aliphatic heterocycles. The van der Waals surface area contributed by atoms with E-state index in [2.05, 4.69) is 14.9 Å². The third-order valence-corrected chi connectivity index (χ3v) is 4.37. The number of halogens is 1. The van der Waals surface area contributed by atoms with Gasteiger partial charge in [0.2, 0.25) is 0 Å². The highest BCUT2D eigenvalue weighted by molar-refractivity contribution is 8.13. The van der Waals surface area contributed by atoms with Crippen molar-refractivity contribution in [3.63, 3.8) is 0 Å². The number of nitrogens with one attached hydrogen (secondary N) is 1. The number of carbonyl (C=O) groups excluding carboxylic acids is 1. The van der Waals surface area contributed by atoms with Gasteiger partial charge in [-0.3, -0.25) is 4.79 Å². The van der Waals surface area contributed by atoms with Crippen LogP contribution >= 0.6 is 22.2 Å². The van der Waals surface area contributed by atoms with E-state index in [0.717, 1.165) is 17.1 Å². The average molecular weight is 332 g/mol. The monoisotopic (exact) mass is 331 g/mol. The number of rotatable bonds is 5. The molecule has 0 bridgehead atoms. The number of amides is 1. The highest BCUT2D eigenvalue weighted by atomic mass is 35.7. The molecule has 0 fully saturated rings. The first-order valence-electron chi connectivity index (χ1n) is 5.55. The topological polar surface area (TPSA) is 89.0 Å². The highest BCUT2D eigenvalue weighted by Gasteiger charge is 2.10. The quantitative estimate of drug-likeness (QED) is 0.837. The van der Waals surface area contributed by atoms with Crippen LogP contribution in [-0.4, -0.2) is 30.5 Å². The Morgan fingerprint density at radius 3 is 2.55 bits per heavy atom. The summed E-state index contributed by atoms with van der Waals surface area (Å²) < 4.78 is 25.8. The molecule has 106 valence electrons. The summed E-state index contributed by atoms with van der Waals surface area (Å²) >= 11 is 1.11. The first-order chi connectivity index (χ1) is 9.47. The van der Waals surface area contributed by atoms with Crippen molar-refractivity contribution in [2.45, 2.75) is 11.3 Å². The van der Waals surface area contributed by atoms with Gasteiger partial charge in [-0.2, -0.15) is 0 Å². The molecule has 1 amide bonds. The number of hydrogen-bond acceptors (Lipinski definition) is 6. The summed E-state index contributed by atoms with van der Waals surface area (Å²) in [5, 5.41) is 7.92. The van der Waals surface area contributed by atoms with Gasteiger partial charge in [-0.1, -0.05) is 16.6 Å². The van der Waals surface area contributed by atoms with E-state index in [1.807, 2.05) is 0 Å². The molecule has 0 saturated heterocycles. The van der Waals surface area contributed by atoms with E-state index in [0.29, 0.717) is 18.7 Å². The Bertz CT molecular complexity index is 684. The largest absolute Gasteiger partial charge is 0.350 e. The number of aromatic nitrogens is 2. The van der Waals surface area contributed by atoms with Gasteiger partial charge in [0.25, 0.3) is 15.0 Å². The van der Waals surface area contributed by atoms with Gasteiger partial charge in [0.05, 0.1) is 4.90 Å². The highest BCUT2D eigenvalue weighted by Crippen LogP contribution is 2.15. The van der Waals surface area contributed by atoms with Crippen LogP contribution in [0.5, 0.6) is 0 Å². The van der Waals surface area contributed by atoms with E-state index >= 15 is 0 Å². The molecule has 2 rings (SSSR count). The van der Waals surface area contributed by atoms with Gasteiger partial charge >= 0.3 is 0 Å². The van der Waals surface area contributed by atoms with Crippen LogP contribution in [0.25, 0.3) is 0 Å². The summed E-state index contributed by atoms with van der Waals surface area (Å²) in [7, 11) is 1.52. The molecule has 6 nitrogen and oxygen atoms in total. The van der Waals surface area contributed by atoms with Crippen molar-refractivity contribution in [2.75, 3.05) is 6.54 Å². The lowest BCUT2D eigenvalue weighted by molar-refractivity contribution is 0.0949. The molecule has 0 unspecified atom stereocenters. The SMILES string of the molecule is O=C(NCCc1ccc(S(=O)(=O)Cl)cc1)c1csnn1. The number of carbonyl (C=O) groups is 1. The molecule has 1 aromatic heterocycles. The molecule has 0 saturated carbocycles. The van der Waals surface area contributed by atoms with Crippen molar-refractivity contribution in [1.82, 2.24) is 14.9 Å². The van der Waals surface area contributed by atoms with Gasteiger partial charge in [-0.25, -0.2) is 8.42 Å². The van der Waals surface area contributed by atoms with Gasteiger partial charge < -0.3 is 5.32 Å². The summed E-state index contributed by atoms with van der Waals surface area (Å²) in [6, 6.07) is 6.19. The zero-order chi connectivity index (χ0) is 14.6. The molecular formula is C11H10ClN3O3S2. The number of benzene rings is 1. The van der Waals surface area contributed by atoms with Gasteiger partial charge in [-0.05, 0) is 35.6 Å². The van der Waals surface area contributed by atoms with Gasteiger partial charge in [0.15, 0.2) is 5.69 Å². The first-order valence-corrected chi connectivity index (χ1v) is 8.70. The minimum absolute atomic E-state index is 0.0560. The van der Waals surface area contributed by atoms with Crippen molar-refractivity contribution in [3.8, 4) is 0 Å². The molecule has 0 spiro atoms. The smallest absolute Gasteiger partial charge is 0.272 e. The van der Waals surface area contributed by atoms with E-state index in [1.54, 1.807) is 17.5 Å². The molecule has 0 aliphatic carbocycles. The van der Waals surface area contributed by atoms with Crippen LogP contribution in [0.2, 0.25) is 0 Å². The first kappa shape index (κ1) is 14.9. The van der Waals surface area contributed by atoms with Crippen LogP contribution in [0.4, 0.5) is 0 Å². The molecule has 1 heterocycles. The molecule has 20 heavy (non-hydrogen) atoms. The Kier molecular flexibility index (Phi) is 4.69. The van der Waals surface area contributed by atoms with Crippen LogP contribution < -0.4 is 5.32 Å². The fourth-order valence-electron chi connectivity index (χ4n) is 1.49. The molecule has 9 heteroatoms. The standard InChI is InChI=1S/C11H10ClN3O3S2/c12-20(17,18)9-3-1-8(2-4-9)5-6-13-11(16)10-7-19-15-14-10/h1-4,7H,5-6H2,(H,13,16). The lowest BCUT2D eigenvalue weighted by Gasteiger charge is -2.04. The van der Waals surface area contributed by atoms with Crippen molar-refractivity contribution in [3.05, 3.63) is 40.9 Å². The molecule has 0 atom stereocenters. The van der Waals surface area contributed by atoms with Crippen molar-refractivity contribution >= 4 is 37.2 Å². The van der Waals surface area contributed by atoms with Crippen LogP contribution in [0.15, 0.2) is 34.5 Å². The maximum atomic E-state index is 11.6. The predicted molar refractivity (Wildman–Crippen MR) is 75.4 cm³/mol. The third kappa shape index (κ3) is 3.99. The van der Waals surface area contributed by atoms with Crippen molar-refractivity contribution in [2.24, 2.45) is 0 Å². The third-order valence-electron chi connectivity index (χ3n) is 2.50. The Morgan fingerprint density at radius 1 is 1.30 bits per heavy atom. The normalized spacial score (nSPS) is 11.2. The van der Waals surface area contributed by atoms with Crippen molar-refractivity contribution in [1.29, 1.82) is 0 Å². The van der Waals surface area contributed by atoms with Crippen molar-refractivity contribution < 1.29 is 13.2 Å². The summed E-state index contributed by atoms with van der Waals surface area (Å²) in [4.78, 5) is 11.6. The summed E-state index contributed by atoms with van der Waals surface area (Å²) in [6.07, 6.45) is 0.575. The molecule has 1 aromatic carbocycles. The van der Waals surface area contributed by atoms with E-state index in [1.165, 1.54) is 12.1 Å². The van der Waals surface area contributed by atoms with Gasteiger partial charge in [0.1, 0.15) is 0 Å². The molecule has 1 N–H and O–H groups in total. The van der Waals surface area contributed by atoms with Gasteiger partial charge in [0, 0.05) is 22.6 Å². The molecule has 2 aromatic rings. The Balaban J connectivity index is 1.87. The second-order valence-electron chi connectivity index (χ2n) is 3.88. The predicted octanol–water partition coefficient (Wildman–Crippen LogP) is 1.44. The summed E-state index contributed by atoms with van der Waals surface area (Å²) in [5.41, 5.74) is 1.18. The van der Waals surface area contributed by atoms with Gasteiger partial charge in [-0.15, -0.1) is 5.10 Å². The number of nitrogens with zero attached hydrogens (tertiary/aromatic N) is 2. The lowest BCUT2D eigenvalue weighted by Crippen LogP contribution is -2.26. The van der Waals surface area contributed by atoms with E-state index in [4.69, 9.17) is 10.7 Å². The molecule has 0 radical (unpaired) electrons. The Morgan fingerprint density at radius 2 is 2.00 bits per heavy atom. The Labute approximate surface area is 124 Å². The van der Waals surface area contributed by atoms with Crippen LogP contribution in [-0.2, 0) is 15.5 Å². The van der Waals surface area contributed by atoms with Crippen LogP contribution in [0, 0.1) is 0 Å². The Hall–Kier alpha value is -1.51. The second-order valence-corrected chi connectivity index (χ2v) is 7.05. The molecular weight excluding hydrogens is 322 g/mol. The van der Waals surface area contributed by atoms with Crippen LogP contribution in [0.1, 0.15) is 16.1 Å². The lowest BCUT2D eigenvalue weighted by atomic mass is 10.1. The summed E-state index contributed by atoms with van der Waals surface area (Å²) in [5.74, 6) is -0.279. The average Bonchev–Trinajstić information content (AvgIpc) is 2.92. The minimum atomic E-state index is -3.69. The zero-order valence-corrected chi connectivity index (χ0v) is 12.5. The number of hydrogen-bond donors (Lipinski definition) is 1. The minimum Gasteiger partial charge on any atom is -0.350 e. The zero-order valence-electron chi connectivity index (χ0n) is 10.1. The van der Waals surface area contributed by atoms with E-state index < -0.39 is 9.05 Å².